The average molecular weight is 266 g/mol. The van der Waals surface area contributed by atoms with E-state index < -0.39 is 0 Å². The van der Waals surface area contributed by atoms with Crippen LogP contribution in [0, 0.1) is 0 Å². The second kappa shape index (κ2) is 9.35. The van der Waals surface area contributed by atoms with Crippen molar-refractivity contribution in [2.24, 2.45) is 0 Å². The largest absolute Gasteiger partial charge is 0.494 e. The zero-order chi connectivity index (χ0) is 13.9. The molecule has 19 heavy (non-hydrogen) atoms. The lowest BCUT2D eigenvalue weighted by Gasteiger charge is -2.07. The summed E-state index contributed by atoms with van der Waals surface area (Å²) in [5.74, 6) is 0.839. The normalized spacial score (nSPS) is 10.2. The second-order valence-electron chi connectivity index (χ2n) is 4.02. The minimum atomic E-state index is -0.0250. The molecular weight excluding hydrogens is 244 g/mol. The third-order valence-electron chi connectivity index (χ3n) is 2.48. The Morgan fingerprint density at radius 1 is 1.26 bits per heavy atom. The molecule has 0 radical (unpaired) electrons. The Morgan fingerprint density at radius 3 is 2.63 bits per heavy atom. The molecule has 0 heterocycles. The van der Waals surface area contributed by atoms with Crippen LogP contribution in [0.4, 0.5) is 0 Å². The fraction of sp³-hybridized carbons (Fsp3) is 0.500. The number of amides is 1. The van der Waals surface area contributed by atoms with Crippen LogP contribution in [0.25, 0.3) is 0 Å². The van der Waals surface area contributed by atoms with Gasteiger partial charge >= 0.3 is 0 Å². The van der Waals surface area contributed by atoms with Gasteiger partial charge in [0.1, 0.15) is 5.75 Å². The van der Waals surface area contributed by atoms with Crippen molar-refractivity contribution < 1.29 is 14.3 Å². The van der Waals surface area contributed by atoms with E-state index in [9.17, 15) is 4.79 Å². The molecule has 106 valence electrons. The summed E-state index contributed by atoms with van der Waals surface area (Å²) in [5, 5.41) is 5.84. The summed E-state index contributed by atoms with van der Waals surface area (Å²) in [5.41, 5.74) is 1.12. The molecule has 0 unspecified atom stereocenters. The van der Waals surface area contributed by atoms with Crippen molar-refractivity contribution in [1.29, 1.82) is 0 Å². The van der Waals surface area contributed by atoms with Crippen LogP contribution in [-0.2, 0) is 16.1 Å². The lowest BCUT2D eigenvalue weighted by molar-refractivity contribution is -0.120. The van der Waals surface area contributed by atoms with Gasteiger partial charge in [-0.25, -0.2) is 0 Å². The maximum absolute atomic E-state index is 11.4. The van der Waals surface area contributed by atoms with Gasteiger partial charge in [0.25, 0.3) is 0 Å². The first kappa shape index (κ1) is 15.5. The number of ether oxygens (including phenoxy) is 2. The van der Waals surface area contributed by atoms with Gasteiger partial charge in [-0.15, -0.1) is 0 Å². The van der Waals surface area contributed by atoms with Gasteiger partial charge in [0, 0.05) is 20.2 Å². The molecule has 5 heteroatoms. The molecule has 1 rings (SSSR count). The van der Waals surface area contributed by atoms with Gasteiger partial charge in [-0.3, -0.25) is 4.79 Å². The van der Waals surface area contributed by atoms with Gasteiger partial charge in [0.05, 0.1) is 19.8 Å². The Kier molecular flexibility index (Phi) is 7.62. The molecule has 0 aliphatic rings. The van der Waals surface area contributed by atoms with Crippen molar-refractivity contribution in [3.63, 3.8) is 0 Å². The standard InChI is InChI=1S/C14H22N2O3/c1-3-19-13-6-4-12(5-7-13)10-15-11-14(17)16-8-9-18-2/h4-7,15H,3,8-11H2,1-2H3,(H,16,17). The van der Waals surface area contributed by atoms with E-state index in [1.54, 1.807) is 7.11 Å². The lowest BCUT2D eigenvalue weighted by Crippen LogP contribution is -2.35. The van der Waals surface area contributed by atoms with E-state index in [0.29, 0.717) is 32.8 Å². The van der Waals surface area contributed by atoms with Gasteiger partial charge in [-0.05, 0) is 24.6 Å². The Bertz CT molecular complexity index is 365. The van der Waals surface area contributed by atoms with E-state index in [0.717, 1.165) is 11.3 Å². The van der Waals surface area contributed by atoms with E-state index in [2.05, 4.69) is 10.6 Å². The van der Waals surface area contributed by atoms with Gasteiger partial charge in [-0.2, -0.15) is 0 Å². The Morgan fingerprint density at radius 2 is 2.00 bits per heavy atom. The number of benzene rings is 1. The third kappa shape index (κ3) is 6.79. The molecule has 5 nitrogen and oxygen atoms in total. The number of rotatable bonds is 9. The zero-order valence-electron chi connectivity index (χ0n) is 11.6. The van der Waals surface area contributed by atoms with Crippen molar-refractivity contribution in [2.45, 2.75) is 13.5 Å². The van der Waals surface area contributed by atoms with Crippen molar-refractivity contribution in [3.8, 4) is 5.75 Å². The van der Waals surface area contributed by atoms with Crippen molar-refractivity contribution >= 4 is 5.91 Å². The number of hydrogen-bond acceptors (Lipinski definition) is 4. The van der Waals surface area contributed by atoms with Crippen LogP contribution < -0.4 is 15.4 Å². The second-order valence-corrected chi connectivity index (χ2v) is 4.02. The van der Waals surface area contributed by atoms with E-state index in [1.165, 1.54) is 0 Å². The highest BCUT2D eigenvalue weighted by atomic mass is 16.5. The molecular formula is C14H22N2O3. The summed E-state index contributed by atoms with van der Waals surface area (Å²) in [4.78, 5) is 11.4. The molecule has 0 fully saturated rings. The van der Waals surface area contributed by atoms with Crippen molar-refractivity contribution in [1.82, 2.24) is 10.6 Å². The first-order chi connectivity index (χ1) is 9.26. The quantitative estimate of drug-likeness (QED) is 0.653. The molecule has 2 N–H and O–H groups in total. The molecule has 0 aromatic heterocycles. The Balaban J connectivity index is 2.19. The number of carbonyl (C=O) groups excluding carboxylic acids is 1. The summed E-state index contributed by atoms with van der Waals surface area (Å²) >= 11 is 0. The zero-order valence-corrected chi connectivity index (χ0v) is 11.6. The minimum absolute atomic E-state index is 0.0250. The molecule has 1 aromatic rings. The number of hydrogen-bond donors (Lipinski definition) is 2. The summed E-state index contributed by atoms with van der Waals surface area (Å²) in [6.45, 7) is 4.66. The highest BCUT2D eigenvalue weighted by Gasteiger charge is 2.00. The van der Waals surface area contributed by atoms with E-state index in [1.807, 2.05) is 31.2 Å². The molecule has 0 aliphatic carbocycles. The predicted molar refractivity (Wildman–Crippen MR) is 74.2 cm³/mol. The highest BCUT2D eigenvalue weighted by Crippen LogP contribution is 2.11. The minimum Gasteiger partial charge on any atom is -0.494 e. The van der Waals surface area contributed by atoms with Crippen LogP contribution in [-0.4, -0.2) is 39.3 Å². The van der Waals surface area contributed by atoms with Crippen LogP contribution in [0.3, 0.4) is 0 Å². The molecule has 1 amide bonds. The van der Waals surface area contributed by atoms with Crippen LogP contribution in [0.15, 0.2) is 24.3 Å². The number of nitrogens with one attached hydrogen (secondary N) is 2. The lowest BCUT2D eigenvalue weighted by atomic mass is 10.2. The fourth-order valence-electron chi connectivity index (χ4n) is 1.55. The smallest absolute Gasteiger partial charge is 0.234 e. The van der Waals surface area contributed by atoms with E-state index >= 15 is 0 Å². The van der Waals surface area contributed by atoms with E-state index in [-0.39, 0.29) is 5.91 Å². The van der Waals surface area contributed by atoms with Gasteiger partial charge in [0.2, 0.25) is 5.91 Å². The number of carbonyl (C=O) groups is 1. The summed E-state index contributed by atoms with van der Waals surface area (Å²) < 4.78 is 10.2. The van der Waals surface area contributed by atoms with Crippen LogP contribution in [0.1, 0.15) is 12.5 Å². The van der Waals surface area contributed by atoms with E-state index in [4.69, 9.17) is 9.47 Å². The summed E-state index contributed by atoms with van der Waals surface area (Å²) in [6, 6.07) is 7.83. The van der Waals surface area contributed by atoms with Crippen molar-refractivity contribution in [2.75, 3.05) is 33.4 Å². The Hall–Kier alpha value is -1.59. The SMILES string of the molecule is CCOc1ccc(CNCC(=O)NCCOC)cc1. The van der Waals surface area contributed by atoms with Crippen LogP contribution in [0.2, 0.25) is 0 Å². The average Bonchev–Trinajstić information content (AvgIpc) is 2.41. The van der Waals surface area contributed by atoms with Gasteiger partial charge in [-0.1, -0.05) is 12.1 Å². The fourth-order valence-corrected chi connectivity index (χ4v) is 1.55. The number of methoxy groups -OCH3 is 1. The maximum Gasteiger partial charge on any atom is 0.234 e. The topological polar surface area (TPSA) is 59.6 Å². The third-order valence-corrected chi connectivity index (χ3v) is 2.48. The summed E-state index contributed by atoms with van der Waals surface area (Å²) in [7, 11) is 1.61. The predicted octanol–water partition coefficient (Wildman–Crippen LogP) is 0.937. The van der Waals surface area contributed by atoms with Crippen LogP contribution in [0.5, 0.6) is 5.75 Å². The van der Waals surface area contributed by atoms with Gasteiger partial charge in [0.15, 0.2) is 0 Å². The molecule has 0 spiro atoms. The highest BCUT2D eigenvalue weighted by molar-refractivity contribution is 5.77. The first-order valence-corrected chi connectivity index (χ1v) is 6.44. The summed E-state index contributed by atoms with van der Waals surface area (Å²) in [6.07, 6.45) is 0. The molecule has 0 saturated carbocycles. The first-order valence-electron chi connectivity index (χ1n) is 6.44. The molecule has 0 bridgehead atoms. The molecule has 1 aromatic carbocycles. The molecule has 0 aliphatic heterocycles. The van der Waals surface area contributed by atoms with Crippen LogP contribution >= 0.6 is 0 Å². The maximum atomic E-state index is 11.4. The molecule has 0 saturated heterocycles. The Labute approximate surface area is 114 Å². The van der Waals surface area contributed by atoms with Gasteiger partial charge < -0.3 is 20.1 Å². The van der Waals surface area contributed by atoms with Crippen molar-refractivity contribution in [3.05, 3.63) is 29.8 Å². The monoisotopic (exact) mass is 266 g/mol. The molecule has 0 atom stereocenters.